The first-order valence-electron chi connectivity index (χ1n) is 6.22. The molecule has 0 spiro atoms. The van der Waals surface area contributed by atoms with Crippen molar-refractivity contribution in [3.8, 4) is 0 Å². The molecule has 1 amide bonds. The topological polar surface area (TPSA) is 105 Å². The summed E-state index contributed by atoms with van der Waals surface area (Å²) < 4.78 is 5.54. The number of morpholine rings is 1. The van der Waals surface area contributed by atoms with Crippen molar-refractivity contribution in [3.63, 3.8) is 0 Å². The minimum absolute atomic E-state index is 0.0863. The van der Waals surface area contributed by atoms with Gasteiger partial charge in [0, 0.05) is 26.6 Å². The van der Waals surface area contributed by atoms with Crippen LogP contribution in [0, 0.1) is 0 Å². The summed E-state index contributed by atoms with van der Waals surface area (Å²) in [5.41, 5.74) is -0.0863. The highest BCUT2D eigenvalue weighted by Crippen LogP contribution is 2.14. The quantitative estimate of drug-likeness (QED) is 0.767. The van der Waals surface area contributed by atoms with E-state index in [2.05, 4.69) is 15.3 Å². The third-order valence-electron chi connectivity index (χ3n) is 2.90. The predicted molar refractivity (Wildman–Crippen MR) is 69.6 cm³/mol. The van der Waals surface area contributed by atoms with Crippen molar-refractivity contribution in [1.82, 2.24) is 15.3 Å². The zero-order valence-corrected chi connectivity index (χ0v) is 11.1. The molecular weight excluding hydrogens is 264 g/mol. The van der Waals surface area contributed by atoms with Gasteiger partial charge in [-0.25, -0.2) is 14.8 Å². The van der Waals surface area contributed by atoms with E-state index in [-0.39, 0.29) is 17.7 Å². The Hall–Kier alpha value is -2.22. The van der Waals surface area contributed by atoms with Gasteiger partial charge in [-0.2, -0.15) is 0 Å². The third-order valence-corrected chi connectivity index (χ3v) is 2.90. The van der Waals surface area contributed by atoms with Crippen LogP contribution < -0.4 is 10.2 Å². The van der Waals surface area contributed by atoms with Crippen molar-refractivity contribution in [1.29, 1.82) is 0 Å². The zero-order valence-electron chi connectivity index (χ0n) is 11.1. The molecule has 0 aliphatic carbocycles. The molecule has 1 aliphatic rings. The zero-order chi connectivity index (χ0) is 14.5. The van der Waals surface area contributed by atoms with E-state index >= 15 is 0 Å². The van der Waals surface area contributed by atoms with Crippen LogP contribution in [0.1, 0.15) is 17.4 Å². The number of hydrogen-bond acceptors (Lipinski definition) is 6. The molecule has 1 saturated heterocycles. The summed E-state index contributed by atoms with van der Waals surface area (Å²) in [5, 5.41) is 11.5. The first-order chi connectivity index (χ1) is 9.56. The molecule has 1 unspecified atom stereocenters. The van der Waals surface area contributed by atoms with E-state index in [1.165, 1.54) is 19.3 Å². The SMILES string of the molecule is CC(=O)NCC1CN(c2cnc(C(=O)O)cn2)CCO1. The first-order valence-corrected chi connectivity index (χ1v) is 6.22. The number of nitrogens with zero attached hydrogens (tertiary/aromatic N) is 3. The van der Waals surface area contributed by atoms with Crippen LogP contribution in [-0.4, -0.2) is 59.3 Å². The number of aromatic carboxylic acids is 1. The maximum Gasteiger partial charge on any atom is 0.356 e. The summed E-state index contributed by atoms with van der Waals surface area (Å²) in [6.07, 6.45) is 2.55. The van der Waals surface area contributed by atoms with E-state index in [0.29, 0.717) is 32.1 Å². The molecule has 0 saturated carbocycles. The molecule has 1 aromatic rings. The number of carboxylic acids is 1. The van der Waals surface area contributed by atoms with Crippen LogP contribution in [0.3, 0.4) is 0 Å². The van der Waals surface area contributed by atoms with Gasteiger partial charge in [0.2, 0.25) is 5.91 Å². The lowest BCUT2D eigenvalue weighted by Gasteiger charge is -2.33. The Morgan fingerprint density at radius 2 is 2.30 bits per heavy atom. The molecule has 2 rings (SSSR count). The number of hydrogen-bond donors (Lipinski definition) is 2. The number of carbonyl (C=O) groups is 2. The van der Waals surface area contributed by atoms with E-state index in [4.69, 9.17) is 9.84 Å². The second kappa shape index (κ2) is 6.29. The highest BCUT2D eigenvalue weighted by Gasteiger charge is 2.22. The summed E-state index contributed by atoms with van der Waals surface area (Å²) in [4.78, 5) is 31.5. The van der Waals surface area contributed by atoms with Crippen LogP contribution in [0.15, 0.2) is 12.4 Å². The van der Waals surface area contributed by atoms with Gasteiger partial charge < -0.3 is 20.1 Å². The van der Waals surface area contributed by atoms with Crippen LogP contribution in [0.4, 0.5) is 5.82 Å². The van der Waals surface area contributed by atoms with Crippen molar-refractivity contribution < 1.29 is 19.4 Å². The van der Waals surface area contributed by atoms with Gasteiger partial charge in [-0.3, -0.25) is 4.79 Å². The van der Waals surface area contributed by atoms with Gasteiger partial charge in [-0.1, -0.05) is 0 Å². The molecule has 8 nitrogen and oxygen atoms in total. The van der Waals surface area contributed by atoms with E-state index in [1.54, 1.807) is 0 Å². The van der Waals surface area contributed by atoms with E-state index < -0.39 is 5.97 Å². The van der Waals surface area contributed by atoms with Gasteiger partial charge in [-0.15, -0.1) is 0 Å². The molecule has 1 atom stereocenters. The van der Waals surface area contributed by atoms with Crippen LogP contribution in [0.2, 0.25) is 0 Å². The molecule has 1 fully saturated rings. The van der Waals surface area contributed by atoms with E-state index in [1.807, 2.05) is 4.90 Å². The fourth-order valence-electron chi connectivity index (χ4n) is 1.90. The van der Waals surface area contributed by atoms with Gasteiger partial charge >= 0.3 is 5.97 Å². The molecule has 1 aliphatic heterocycles. The summed E-state index contributed by atoms with van der Waals surface area (Å²) in [6.45, 7) is 3.63. The Bertz CT molecular complexity index is 491. The van der Waals surface area contributed by atoms with Crippen molar-refractivity contribution in [2.24, 2.45) is 0 Å². The number of rotatable bonds is 4. The average Bonchev–Trinajstić information content (AvgIpc) is 2.45. The molecule has 2 heterocycles. The summed E-state index contributed by atoms with van der Waals surface area (Å²) in [5.74, 6) is -0.600. The fourth-order valence-corrected chi connectivity index (χ4v) is 1.90. The van der Waals surface area contributed by atoms with E-state index in [0.717, 1.165) is 0 Å². The lowest BCUT2D eigenvalue weighted by molar-refractivity contribution is -0.119. The Labute approximate surface area is 115 Å². The van der Waals surface area contributed by atoms with Crippen molar-refractivity contribution in [3.05, 3.63) is 18.1 Å². The summed E-state index contributed by atoms with van der Waals surface area (Å²) in [7, 11) is 0. The minimum Gasteiger partial charge on any atom is -0.476 e. The van der Waals surface area contributed by atoms with Gasteiger partial charge in [0.05, 0.1) is 25.1 Å². The third kappa shape index (κ3) is 3.64. The number of ether oxygens (including phenoxy) is 1. The van der Waals surface area contributed by atoms with Crippen molar-refractivity contribution >= 4 is 17.7 Å². The molecule has 1 aromatic heterocycles. The van der Waals surface area contributed by atoms with Gasteiger partial charge in [-0.05, 0) is 0 Å². The number of anilines is 1. The summed E-state index contributed by atoms with van der Waals surface area (Å²) >= 11 is 0. The number of amides is 1. The second-order valence-corrected chi connectivity index (χ2v) is 4.44. The molecule has 8 heteroatoms. The summed E-state index contributed by atoms with van der Waals surface area (Å²) in [6, 6.07) is 0. The highest BCUT2D eigenvalue weighted by molar-refractivity contribution is 5.84. The normalized spacial score (nSPS) is 18.6. The number of nitrogens with one attached hydrogen (secondary N) is 1. The van der Waals surface area contributed by atoms with Gasteiger partial charge in [0.1, 0.15) is 5.82 Å². The number of aromatic nitrogens is 2. The van der Waals surface area contributed by atoms with Crippen LogP contribution in [0.5, 0.6) is 0 Å². The van der Waals surface area contributed by atoms with Crippen molar-refractivity contribution in [2.75, 3.05) is 31.1 Å². The molecule has 0 aromatic carbocycles. The maximum atomic E-state index is 10.9. The minimum atomic E-state index is -1.10. The van der Waals surface area contributed by atoms with E-state index in [9.17, 15) is 9.59 Å². The smallest absolute Gasteiger partial charge is 0.356 e. The van der Waals surface area contributed by atoms with Gasteiger partial charge in [0.15, 0.2) is 5.69 Å². The monoisotopic (exact) mass is 280 g/mol. The van der Waals surface area contributed by atoms with Crippen LogP contribution >= 0.6 is 0 Å². The maximum absolute atomic E-state index is 10.9. The lowest BCUT2D eigenvalue weighted by Crippen LogP contribution is -2.47. The largest absolute Gasteiger partial charge is 0.476 e. The molecule has 20 heavy (non-hydrogen) atoms. The number of carboxylic acid groups (broad SMARTS) is 1. The Morgan fingerprint density at radius 3 is 2.90 bits per heavy atom. The van der Waals surface area contributed by atoms with Crippen molar-refractivity contribution in [2.45, 2.75) is 13.0 Å². The second-order valence-electron chi connectivity index (χ2n) is 4.44. The standard InChI is InChI=1S/C12H16N4O4/c1-8(17)13-4-9-7-16(2-3-20-9)11-6-14-10(5-15-11)12(18)19/h5-6,9H,2-4,7H2,1H3,(H,13,17)(H,18,19). The first kappa shape index (κ1) is 14.2. The molecule has 108 valence electrons. The average molecular weight is 280 g/mol. The molecule has 2 N–H and O–H groups in total. The van der Waals surface area contributed by atoms with Gasteiger partial charge in [0.25, 0.3) is 0 Å². The van der Waals surface area contributed by atoms with Crippen LogP contribution in [0.25, 0.3) is 0 Å². The fraction of sp³-hybridized carbons (Fsp3) is 0.500. The number of carbonyl (C=O) groups excluding carboxylic acids is 1. The molecular formula is C12H16N4O4. The predicted octanol–water partition coefficient (Wildman–Crippen LogP) is -0.484. The molecule has 0 bridgehead atoms. The van der Waals surface area contributed by atoms with Crippen LogP contribution in [-0.2, 0) is 9.53 Å². The molecule has 0 radical (unpaired) electrons. The Morgan fingerprint density at radius 1 is 1.50 bits per heavy atom. The highest BCUT2D eigenvalue weighted by atomic mass is 16.5. The Kier molecular flexibility index (Phi) is 4.46. The lowest BCUT2D eigenvalue weighted by atomic mass is 10.2. The Balaban J connectivity index is 1.97.